The molecule has 0 saturated carbocycles. The number of rotatable bonds is 4. The first-order valence-electron chi connectivity index (χ1n) is 10.2. The quantitative estimate of drug-likeness (QED) is 0.487. The van der Waals surface area contributed by atoms with Gasteiger partial charge >= 0.3 is 11.4 Å². The molecule has 1 fully saturated rings. The molecule has 0 unspecified atom stereocenters. The van der Waals surface area contributed by atoms with Crippen LogP contribution in [0.4, 0.5) is 5.69 Å². The van der Waals surface area contributed by atoms with Gasteiger partial charge in [0.1, 0.15) is 0 Å². The van der Waals surface area contributed by atoms with Crippen molar-refractivity contribution in [3.05, 3.63) is 98.3 Å². The van der Waals surface area contributed by atoms with Crippen molar-refractivity contribution in [2.75, 3.05) is 4.90 Å². The zero-order valence-corrected chi connectivity index (χ0v) is 17.6. The molecule has 9 heteroatoms. The first-order chi connectivity index (χ1) is 15.5. The maximum Gasteiger partial charge on any atom is 0.347 e. The molecule has 0 bridgehead atoms. The molecular weight excluding hydrogens is 432 g/mol. The number of imide groups is 1. The number of carbonyl (C=O) groups is 2. The number of allylic oxidation sites excluding steroid dienone is 1. The van der Waals surface area contributed by atoms with Gasteiger partial charge in [-0.05, 0) is 24.1 Å². The number of anilines is 1. The van der Waals surface area contributed by atoms with Crippen molar-refractivity contribution in [3.63, 3.8) is 0 Å². The lowest BCUT2D eigenvalue weighted by Crippen LogP contribution is -2.33. The molecule has 3 aromatic rings. The average molecular weight is 451 g/mol. The summed E-state index contributed by atoms with van der Waals surface area (Å²) in [6, 6.07) is 15.3. The molecule has 1 aliphatic carbocycles. The van der Waals surface area contributed by atoms with Crippen LogP contribution in [0.5, 0.6) is 0 Å². The van der Waals surface area contributed by atoms with Gasteiger partial charge < -0.3 is 0 Å². The van der Waals surface area contributed by atoms with Gasteiger partial charge in [-0.25, -0.2) is 28.8 Å². The Kier molecular flexibility index (Phi) is 4.94. The zero-order chi connectivity index (χ0) is 22.4. The van der Waals surface area contributed by atoms with E-state index in [0.717, 1.165) is 15.0 Å². The summed E-state index contributed by atoms with van der Waals surface area (Å²) in [6.07, 6.45) is 3.57. The Bertz CT molecular complexity index is 1350. The molecule has 2 amide bonds. The maximum atomic E-state index is 13.1. The standard InChI is InChI=1S/C23H19ClN4O4/c24-18-8-4-5-9-19(18)27-20(29)16-11-10-15(12-17(16)21(27)30)28-23(32)26(22(31)25-28)13-14-6-2-1-3-7-14/h1-11,15-17H,12-13H2,(H,25,31)/t15-,16-,17+/m1/s1. The molecule has 1 aliphatic heterocycles. The molecule has 2 aromatic carbocycles. The van der Waals surface area contributed by atoms with Crippen molar-refractivity contribution in [2.24, 2.45) is 11.8 Å². The number of para-hydroxylation sites is 1. The predicted molar refractivity (Wildman–Crippen MR) is 119 cm³/mol. The Balaban J connectivity index is 1.44. The van der Waals surface area contributed by atoms with Crippen LogP contribution in [0.2, 0.25) is 5.02 Å². The van der Waals surface area contributed by atoms with Crippen LogP contribution in [0.1, 0.15) is 18.0 Å². The smallest absolute Gasteiger partial charge is 0.274 e. The number of hydrogen-bond donors (Lipinski definition) is 1. The van der Waals surface area contributed by atoms with Crippen LogP contribution in [0.15, 0.2) is 76.3 Å². The predicted octanol–water partition coefficient (Wildman–Crippen LogP) is 2.35. The Hall–Kier alpha value is -3.65. The summed E-state index contributed by atoms with van der Waals surface area (Å²) in [6.45, 7) is 0.141. The van der Waals surface area contributed by atoms with Crippen molar-refractivity contribution in [3.8, 4) is 0 Å². The zero-order valence-electron chi connectivity index (χ0n) is 16.8. The van der Waals surface area contributed by atoms with Crippen LogP contribution in [0.3, 0.4) is 0 Å². The number of hydrogen-bond acceptors (Lipinski definition) is 4. The average Bonchev–Trinajstić information content (AvgIpc) is 3.22. The van der Waals surface area contributed by atoms with E-state index in [1.165, 1.54) is 4.68 Å². The topological polar surface area (TPSA) is 97.2 Å². The van der Waals surface area contributed by atoms with E-state index < -0.39 is 29.3 Å². The Labute approximate surface area is 187 Å². The normalized spacial score (nSPS) is 22.4. The van der Waals surface area contributed by atoms with Gasteiger partial charge in [0.25, 0.3) is 0 Å². The molecule has 162 valence electrons. The van der Waals surface area contributed by atoms with E-state index in [-0.39, 0.29) is 24.8 Å². The summed E-state index contributed by atoms with van der Waals surface area (Å²) in [5, 5.41) is 2.90. The monoisotopic (exact) mass is 450 g/mol. The number of H-pyrrole nitrogens is 1. The molecule has 0 radical (unpaired) electrons. The highest BCUT2D eigenvalue weighted by molar-refractivity contribution is 6.36. The summed E-state index contributed by atoms with van der Waals surface area (Å²) in [5.74, 6) is -1.96. The third-order valence-corrected chi connectivity index (χ3v) is 6.34. The molecule has 5 rings (SSSR count). The summed E-state index contributed by atoms with van der Waals surface area (Å²) in [5.41, 5.74) is 0.153. The lowest BCUT2D eigenvalue weighted by Gasteiger charge is -2.23. The molecule has 8 nitrogen and oxygen atoms in total. The molecule has 2 aliphatic rings. The Morgan fingerprint density at radius 1 is 0.906 bits per heavy atom. The van der Waals surface area contributed by atoms with E-state index in [9.17, 15) is 19.2 Å². The van der Waals surface area contributed by atoms with Crippen LogP contribution >= 0.6 is 11.6 Å². The number of amides is 2. The van der Waals surface area contributed by atoms with Crippen molar-refractivity contribution in [1.29, 1.82) is 0 Å². The lowest BCUT2D eigenvalue weighted by atomic mass is 9.84. The second-order valence-corrected chi connectivity index (χ2v) is 8.33. The van der Waals surface area contributed by atoms with E-state index >= 15 is 0 Å². The minimum absolute atomic E-state index is 0.141. The van der Waals surface area contributed by atoms with E-state index in [4.69, 9.17) is 11.6 Å². The fourth-order valence-electron chi connectivity index (χ4n) is 4.42. The second kappa shape index (κ2) is 7.80. The highest BCUT2D eigenvalue weighted by atomic mass is 35.5. The van der Waals surface area contributed by atoms with Gasteiger partial charge in [-0.1, -0.05) is 66.2 Å². The van der Waals surface area contributed by atoms with Gasteiger partial charge in [-0.3, -0.25) is 9.59 Å². The summed E-state index contributed by atoms with van der Waals surface area (Å²) < 4.78 is 2.35. The molecular formula is C23H19ClN4O4. The fourth-order valence-corrected chi connectivity index (χ4v) is 4.64. The Morgan fingerprint density at radius 3 is 2.38 bits per heavy atom. The number of nitrogens with one attached hydrogen (secondary N) is 1. The van der Waals surface area contributed by atoms with Gasteiger partial charge in [-0.2, -0.15) is 0 Å². The summed E-state index contributed by atoms with van der Waals surface area (Å²) >= 11 is 6.21. The lowest BCUT2D eigenvalue weighted by molar-refractivity contribution is -0.122. The van der Waals surface area contributed by atoms with E-state index in [0.29, 0.717) is 10.7 Å². The van der Waals surface area contributed by atoms with Crippen molar-refractivity contribution >= 4 is 29.1 Å². The van der Waals surface area contributed by atoms with E-state index in [1.54, 1.807) is 36.4 Å². The fraction of sp³-hybridized carbons (Fsp3) is 0.217. The van der Waals surface area contributed by atoms with Gasteiger partial charge in [0.15, 0.2) is 0 Å². The molecule has 1 N–H and O–H groups in total. The van der Waals surface area contributed by atoms with Crippen LogP contribution < -0.4 is 16.3 Å². The van der Waals surface area contributed by atoms with Crippen LogP contribution in [-0.4, -0.2) is 26.2 Å². The SMILES string of the molecule is O=C1[C@H]2C[C@H](n3[nH]c(=O)n(Cc4ccccc4)c3=O)C=C[C@H]2C(=O)N1c1ccccc1Cl. The van der Waals surface area contributed by atoms with Crippen molar-refractivity contribution < 1.29 is 9.59 Å². The van der Waals surface area contributed by atoms with Gasteiger partial charge in [0, 0.05) is 0 Å². The third kappa shape index (κ3) is 3.23. The van der Waals surface area contributed by atoms with Crippen molar-refractivity contribution in [1.82, 2.24) is 14.3 Å². The van der Waals surface area contributed by atoms with Gasteiger partial charge in [0.05, 0.1) is 35.1 Å². The number of halogens is 1. The van der Waals surface area contributed by atoms with E-state index in [1.807, 2.05) is 30.3 Å². The molecule has 3 atom stereocenters. The Morgan fingerprint density at radius 2 is 1.62 bits per heavy atom. The number of aromatic nitrogens is 3. The first kappa shape index (κ1) is 20.3. The number of nitrogens with zero attached hydrogens (tertiary/aromatic N) is 3. The molecule has 1 saturated heterocycles. The van der Waals surface area contributed by atoms with Crippen LogP contribution in [0.25, 0.3) is 0 Å². The minimum Gasteiger partial charge on any atom is -0.274 e. The molecule has 1 aromatic heterocycles. The number of carbonyl (C=O) groups excluding carboxylic acids is 2. The molecule has 32 heavy (non-hydrogen) atoms. The van der Waals surface area contributed by atoms with Gasteiger partial charge in [0.2, 0.25) is 11.8 Å². The summed E-state index contributed by atoms with van der Waals surface area (Å²) in [4.78, 5) is 52.6. The molecule has 2 heterocycles. The van der Waals surface area contributed by atoms with Crippen LogP contribution in [0, 0.1) is 11.8 Å². The number of benzene rings is 2. The highest BCUT2D eigenvalue weighted by Gasteiger charge is 2.49. The second-order valence-electron chi connectivity index (χ2n) is 7.92. The molecule has 0 spiro atoms. The van der Waals surface area contributed by atoms with Gasteiger partial charge in [-0.15, -0.1) is 0 Å². The maximum absolute atomic E-state index is 13.1. The van der Waals surface area contributed by atoms with E-state index in [2.05, 4.69) is 5.10 Å². The summed E-state index contributed by atoms with van der Waals surface area (Å²) in [7, 11) is 0. The number of fused-ring (bicyclic) bond motifs is 1. The van der Waals surface area contributed by atoms with Crippen LogP contribution in [-0.2, 0) is 16.1 Å². The van der Waals surface area contributed by atoms with Crippen molar-refractivity contribution in [2.45, 2.75) is 19.0 Å². The largest absolute Gasteiger partial charge is 0.347 e. The third-order valence-electron chi connectivity index (χ3n) is 6.02. The minimum atomic E-state index is -0.637. The first-order valence-corrected chi connectivity index (χ1v) is 10.6. The highest BCUT2D eigenvalue weighted by Crippen LogP contribution is 2.41. The number of aromatic amines is 1.